The molecule has 2 N–H and O–H groups in total. The minimum absolute atomic E-state index is 0.143. The van der Waals surface area contributed by atoms with E-state index in [1.54, 1.807) is 6.07 Å². The number of nitrogen functional groups attached to an aromatic ring is 1. The zero-order valence-corrected chi connectivity index (χ0v) is 13.6. The highest BCUT2D eigenvalue weighted by atomic mass is 32.2. The highest BCUT2D eigenvalue weighted by molar-refractivity contribution is 7.89. The molecule has 0 amide bonds. The van der Waals surface area contributed by atoms with Gasteiger partial charge in [0.25, 0.3) is 0 Å². The lowest BCUT2D eigenvalue weighted by atomic mass is 10.2. The highest BCUT2D eigenvalue weighted by Gasteiger charge is 2.24. The van der Waals surface area contributed by atoms with E-state index in [2.05, 4.69) is 0 Å². The van der Waals surface area contributed by atoms with Crippen molar-refractivity contribution in [1.82, 2.24) is 4.31 Å². The van der Waals surface area contributed by atoms with Crippen LogP contribution >= 0.6 is 0 Å². The predicted molar refractivity (Wildman–Crippen MR) is 84.0 cm³/mol. The number of anilines is 2. The summed E-state index contributed by atoms with van der Waals surface area (Å²) in [6, 6.07) is 5.08. The van der Waals surface area contributed by atoms with E-state index < -0.39 is 10.0 Å². The van der Waals surface area contributed by atoms with Gasteiger partial charge in [-0.15, -0.1) is 0 Å². The smallest absolute Gasteiger partial charge is 0.244 e. The number of sulfonamides is 1. The van der Waals surface area contributed by atoms with Crippen molar-refractivity contribution < 1.29 is 13.2 Å². The first-order valence-corrected chi connectivity index (χ1v) is 8.42. The van der Waals surface area contributed by atoms with Crippen LogP contribution in [0, 0.1) is 0 Å². The number of nitrogens with two attached hydrogens (primary N) is 1. The fourth-order valence-electron chi connectivity index (χ4n) is 2.48. The van der Waals surface area contributed by atoms with Crippen LogP contribution in [0.1, 0.15) is 12.8 Å². The molecule has 0 saturated carbocycles. The Bertz CT molecular complexity index is 595. The Kier molecular flexibility index (Phi) is 4.75. The number of hydrogen-bond donors (Lipinski definition) is 1. The fraction of sp³-hybridized carbons (Fsp3) is 0.571. The number of para-hydroxylation sites is 1. The second-order valence-electron chi connectivity index (χ2n) is 5.49. The molecule has 6 nitrogen and oxygen atoms in total. The molecule has 0 aromatic heterocycles. The van der Waals surface area contributed by atoms with Gasteiger partial charge in [0, 0.05) is 34.3 Å². The van der Waals surface area contributed by atoms with Gasteiger partial charge >= 0.3 is 0 Å². The summed E-state index contributed by atoms with van der Waals surface area (Å²) < 4.78 is 31.3. The number of rotatable bonds is 5. The molecule has 2 rings (SSSR count). The molecule has 1 aliphatic heterocycles. The standard InChI is InChI=1S/C14H23N3O3S/c1-16(2)21(18,19)13-8-4-7-12(14(13)15)17(3)10-11-6-5-9-20-11/h4,7-8,11H,5-6,9-10,15H2,1-3H3. The maximum Gasteiger partial charge on any atom is 0.244 e. The average molecular weight is 313 g/mol. The minimum Gasteiger partial charge on any atom is -0.396 e. The highest BCUT2D eigenvalue weighted by Crippen LogP contribution is 2.31. The average Bonchev–Trinajstić information content (AvgIpc) is 2.91. The van der Waals surface area contributed by atoms with E-state index in [0.717, 1.165) is 19.4 Å². The molecule has 1 unspecified atom stereocenters. The SMILES string of the molecule is CN(CC1CCCO1)c1cccc(S(=O)(=O)N(C)C)c1N. The first-order valence-electron chi connectivity index (χ1n) is 6.98. The summed E-state index contributed by atoms with van der Waals surface area (Å²) in [4.78, 5) is 2.10. The normalized spacial score (nSPS) is 19.1. The zero-order chi connectivity index (χ0) is 15.6. The van der Waals surface area contributed by atoms with Gasteiger partial charge in [-0.2, -0.15) is 0 Å². The van der Waals surface area contributed by atoms with Gasteiger partial charge in [0.1, 0.15) is 4.90 Å². The number of hydrogen-bond acceptors (Lipinski definition) is 5. The number of nitrogens with zero attached hydrogens (tertiary/aromatic N) is 2. The van der Waals surface area contributed by atoms with Crippen LogP contribution in [-0.4, -0.2) is 53.1 Å². The topological polar surface area (TPSA) is 75.9 Å². The number of likely N-dealkylation sites (N-methyl/N-ethyl adjacent to an activating group) is 1. The van der Waals surface area contributed by atoms with E-state index in [-0.39, 0.29) is 16.7 Å². The summed E-state index contributed by atoms with van der Waals surface area (Å²) >= 11 is 0. The maximum absolute atomic E-state index is 12.3. The van der Waals surface area contributed by atoms with Gasteiger partial charge in [-0.1, -0.05) is 6.07 Å². The van der Waals surface area contributed by atoms with E-state index in [1.165, 1.54) is 24.5 Å². The Balaban J connectivity index is 2.29. The van der Waals surface area contributed by atoms with E-state index in [4.69, 9.17) is 10.5 Å². The molecule has 1 saturated heterocycles. The molecule has 1 aromatic carbocycles. The van der Waals surface area contributed by atoms with Crippen LogP contribution in [-0.2, 0) is 14.8 Å². The van der Waals surface area contributed by atoms with Crippen LogP contribution in [0.4, 0.5) is 11.4 Å². The van der Waals surface area contributed by atoms with Crippen molar-refractivity contribution in [2.45, 2.75) is 23.8 Å². The summed E-state index contributed by atoms with van der Waals surface area (Å²) in [6.45, 7) is 1.50. The Labute approximate surface area is 126 Å². The maximum atomic E-state index is 12.3. The lowest BCUT2D eigenvalue weighted by molar-refractivity contribution is 0.116. The molecule has 21 heavy (non-hydrogen) atoms. The van der Waals surface area contributed by atoms with Gasteiger partial charge in [-0.05, 0) is 25.0 Å². The van der Waals surface area contributed by atoms with Crippen LogP contribution in [0.15, 0.2) is 23.1 Å². The molecule has 1 fully saturated rings. The van der Waals surface area contributed by atoms with E-state index in [9.17, 15) is 8.42 Å². The van der Waals surface area contributed by atoms with Gasteiger partial charge in [0.2, 0.25) is 10.0 Å². The molecule has 1 aromatic rings. The van der Waals surface area contributed by atoms with Crippen molar-refractivity contribution in [2.75, 3.05) is 44.9 Å². The summed E-state index contributed by atoms with van der Waals surface area (Å²) in [5.41, 5.74) is 7.09. The molecule has 7 heteroatoms. The molecule has 0 bridgehead atoms. The zero-order valence-electron chi connectivity index (χ0n) is 12.7. The molecule has 118 valence electrons. The molecule has 1 aliphatic rings. The van der Waals surface area contributed by atoms with Gasteiger partial charge < -0.3 is 15.4 Å². The van der Waals surface area contributed by atoms with Crippen LogP contribution < -0.4 is 10.6 Å². The van der Waals surface area contributed by atoms with E-state index in [1.807, 2.05) is 18.0 Å². The van der Waals surface area contributed by atoms with Crippen LogP contribution in [0.25, 0.3) is 0 Å². The summed E-state index contributed by atoms with van der Waals surface area (Å²) in [7, 11) is 1.36. The summed E-state index contributed by atoms with van der Waals surface area (Å²) in [5.74, 6) is 0. The first-order chi connectivity index (χ1) is 9.84. The van der Waals surface area contributed by atoms with Crippen molar-refractivity contribution in [3.8, 4) is 0 Å². The third-order valence-corrected chi connectivity index (χ3v) is 5.59. The Morgan fingerprint density at radius 1 is 1.33 bits per heavy atom. The van der Waals surface area contributed by atoms with Crippen LogP contribution in [0.3, 0.4) is 0 Å². The van der Waals surface area contributed by atoms with Crippen molar-refractivity contribution in [3.05, 3.63) is 18.2 Å². The number of ether oxygens (including phenoxy) is 1. The third-order valence-electron chi connectivity index (χ3n) is 3.71. The van der Waals surface area contributed by atoms with Crippen molar-refractivity contribution in [2.24, 2.45) is 0 Å². The molecular formula is C14H23N3O3S. The molecule has 0 radical (unpaired) electrons. The lowest BCUT2D eigenvalue weighted by Crippen LogP contribution is -2.30. The van der Waals surface area contributed by atoms with Gasteiger partial charge in [-0.25, -0.2) is 12.7 Å². The minimum atomic E-state index is -3.54. The van der Waals surface area contributed by atoms with E-state index in [0.29, 0.717) is 12.2 Å². The number of benzene rings is 1. The predicted octanol–water partition coefficient (Wildman–Crippen LogP) is 1.13. The first kappa shape index (κ1) is 16.1. The lowest BCUT2D eigenvalue weighted by Gasteiger charge is -2.25. The second kappa shape index (κ2) is 6.21. The largest absolute Gasteiger partial charge is 0.396 e. The monoisotopic (exact) mass is 313 g/mol. The second-order valence-corrected chi connectivity index (χ2v) is 7.61. The van der Waals surface area contributed by atoms with Gasteiger partial charge in [0.15, 0.2) is 0 Å². The van der Waals surface area contributed by atoms with Crippen molar-refractivity contribution in [3.63, 3.8) is 0 Å². The quantitative estimate of drug-likeness (QED) is 0.825. The van der Waals surface area contributed by atoms with Crippen molar-refractivity contribution >= 4 is 21.4 Å². The van der Waals surface area contributed by atoms with Gasteiger partial charge in [0.05, 0.1) is 17.5 Å². The van der Waals surface area contributed by atoms with Gasteiger partial charge in [-0.3, -0.25) is 0 Å². The van der Waals surface area contributed by atoms with Crippen LogP contribution in [0.2, 0.25) is 0 Å². The molecular weight excluding hydrogens is 290 g/mol. The van der Waals surface area contributed by atoms with Crippen molar-refractivity contribution in [1.29, 1.82) is 0 Å². The molecule has 0 aliphatic carbocycles. The van der Waals surface area contributed by atoms with Crippen LogP contribution in [0.5, 0.6) is 0 Å². The summed E-state index contributed by atoms with van der Waals surface area (Å²) in [5, 5.41) is 0. The molecule has 1 atom stereocenters. The molecule has 0 spiro atoms. The third kappa shape index (κ3) is 3.30. The Morgan fingerprint density at radius 2 is 2.05 bits per heavy atom. The van der Waals surface area contributed by atoms with E-state index >= 15 is 0 Å². The Morgan fingerprint density at radius 3 is 2.62 bits per heavy atom. The Hall–Kier alpha value is -1.31. The summed E-state index contributed by atoms with van der Waals surface area (Å²) in [6.07, 6.45) is 2.28. The fourth-order valence-corrected chi connectivity index (χ4v) is 3.51. The molecule has 1 heterocycles.